The topological polar surface area (TPSA) is 73.9 Å². The molecule has 2 aromatic rings. The standard InChI is InChI=1S/C28H33N5OSi/c1-35(2,3)14-13-34-21-33-12-6-10-28(18-26(33)31-20-32-28)24-9-4-8-23(15-24)27(19-29)16-22-7-5-11-30-25(22)17-27/h4-9,11-12,15,20H,10,13-14,16-18,21H2,1-3H3. The lowest BCUT2D eigenvalue weighted by molar-refractivity contribution is 0.0924. The van der Waals surface area contributed by atoms with Gasteiger partial charge >= 0.3 is 0 Å². The summed E-state index contributed by atoms with van der Waals surface area (Å²) in [6.07, 6.45) is 10.6. The van der Waals surface area contributed by atoms with E-state index < -0.39 is 19.0 Å². The molecule has 1 aromatic carbocycles. The fourth-order valence-corrected chi connectivity index (χ4v) is 5.95. The van der Waals surface area contributed by atoms with E-state index in [0.717, 1.165) is 41.7 Å². The van der Waals surface area contributed by atoms with Gasteiger partial charge in [0.2, 0.25) is 0 Å². The maximum absolute atomic E-state index is 10.3. The van der Waals surface area contributed by atoms with E-state index in [4.69, 9.17) is 9.73 Å². The van der Waals surface area contributed by atoms with Crippen molar-refractivity contribution in [1.82, 2.24) is 9.88 Å². The Morgan fingerprint density at radius 2 is 1.97 bits per heavy atom. The van der Waals surface area contributed by atoms with Crippen LogP contribution in [0.15, 0.2) is 64.9 Å². The molecule has 0 amide bonds. The third kappa shape index (κ3) is 4.73. The highest BCUT2D eigenvalue weighted by molar-refractivity contribution is 6.76. The van der Waals surface area contributed by atoms with Crippen LogP contribution in [-0.2, 0) is 28.5 Å². The largest absolute Gasteiger partial charge is 0.361 e. The molecule has 5 rings (SSSR count). The molecule has 7 heteroatoms. The third-order valence-corrected chi connectivity index (χ3v) is 9.08. The first kappa shape index (κ1) is 23.6. The van der Waals surface area contributed by atoms with Gasteiger partial charge < -0.3 is 9.64 Å². The molecule has 6 nitrogen and oxygen atoms in total. The first-order chi connectivity index (χ1) is 16.8. The summed E-state index contributed by atoms with van der Waals surface area (Å²) in [5, 5.41) is 10.3. The molecule has 1 aliphatic carbocycles. The molecular weight excluding hydrogens is 450 g/mol. The monoisotopic (exact) mass is 483 g/mol. The van der Waals surface area contributed by atoms with E-state index in [1.807, 2.05) is 12.3 Å². The molecule has 3 heterocycles. The number of pyridine rings is 1. The van der Waals surface area contributed by atoms with Crippen LogP contribution < -0.4 is 0 Å². The number of benzene rings is 1. The molecule has 2 unspecified atom stereocenters. The zero-order valence-corrected chi connectivity index (χ0v) is 21.9. The Hall–Kier alpha value is -3.08. The van der Waals surface area contributed by atoms with Gasteiger partial charge in [-0.1, -0.05) is 56.0 Å². The van der Waals surface area contributed by atoms with Gasteiger partial charge in [-0.25, -0.2) is 4.99 Å². The van der Waals surface area contributed by atoms with Crippen molar-refractivity contribution >= 4 is 20.2 Å². The predicted molar refractivity (Wildman–Crippen MR) is 142 cm³/mol. The Morgan fingerprint density at radius 3 is 2.77 bits per heavy atom. The van der Waals surface area contributed by atoms with E-state index in [-0.39, 0.29) is 0 Å². The lowest BCUT2D eigenvalue weighted by Crippen LogP contribution is -2.36. The van der Waals surface area contributed by atoms with Crippen LogP contribution in [0.3, 0.4) is 0 Å². The minimum Gasteiger partial charge on any atom is -0.361 e. The lowest BCUT2D eigenvalue weighted by atomic mass is 9.76. The van der Waals surface area contributed by atoms with Gasteiger partial charge in [0.15, 0.2) is 0 Å². The number of aromatic nitrogens is 1. The van der Waals surface area contributed by atoms with Gasteiger partial charge in [0, 0.05) is 45.6 Å². The summed E-state index contributed by atoms with van der Waals surface area (Å²) in [7, 11) is -1.12. The lowest BCUT2D eigenvalue weighted by Gasteiger charge is -2.33. The second-order valence-electron chi connectivity index (χ2n) is 11.1. The number of aliphatic imine (C=N–C) groups is 2. The van der Waals surface area contributed by atoms with Crippen LogP contribution in [0.2, 0.25) is 25.7 Å². The van der Waals surface area contributed by atoms with Crippen molar-refractivity contribution in [3.05, 3.63) is 77.3 Å². The zero-order valence-electron chi connectivity index (χ0n) is 20.9. The third-order valence-electron chi connectivity index (χ3n) is 7.37. The van der Waals surface area contributed by atoms with E-state index in [1.54, 1.807) is 6.34 Å². The first-order valence-corrected chi connectivity index (χ1v) is 16.1. The molecule has 2 bridgehead atoms. The van der Waals surface area contributed by atoms with Crippen LogP contribution in [0, 0.1) is 11.3 Å². The number of rotatable bonds is 7. The molecule has 0 fully saturated rings. The van der Waals surface area contributed by atoms with E-state index in [1.165, 1.54) is 5.56 Å². The molecule has 3 aliphatic rings. The van der Waals surface area contributed by atoms with E-state index in [2.05, 4.69) is 83.2 Å². The molecule has 2 atom stereocenters. The fourth-order valence-electron chi connectivity index (χ4n) is 5.19. The Morgan fingerprint density at radius 1 is 1.11 bits per heavy atom. The quantitative estimate of drug-likeness (QED) is 0.401. The second kappa shape index (κ2) is 9.18. The number of nitrogens with zero attached hydrogens (tertiary/aromatic N) is 5. The second-order valence-corrected chi connectivity index (χ2v) is 16.8. The predicted octanol–water partition coefficient (Wildman–Crippen LogP) is 5.20. The molecule has 0 spiro atoms. The molecule has 1 aromatic heterocycles. The van der Waals surface area contributed by atoms with Crippen molar-refractivity contribution in [3.63, 3.8) is 0 Å². The maximum atomic E-state index is 10.3. The van der Waals surface area contributed by atoms with Crippen molar-refractivity contribution in [2.45, 2.75) is 62.3 Å². The number of ether oxygens (including phenoxy) is 1. The Balaban J connectivity index is 1.37. The average Bonchev–Trinajstić information content (AvgIpc) is 3.20. The highest BCUT2D eigenvalue weighted by Crippen LogP contribution is 2.43. The van der Waals surface area contributed by atoms with Crippen molar-refractivity contribution in [2.75, 3.05) is 13.3 Å². The first-order valence-electron chi connectivity index (χ1n) is 12.4. The number of hydrogen-bond acceptors (Lipinski definition) is 6. The Kier molecular flexibility index (Phi) is 6.20. The van der Waals surface area contributed by atoms with Crippen LogP contribution in [0.4, 0.5) is 0 Å². The number of nitriles is 1. The van der Waals surface area contributed by atoms with E-state index >= 15 is 0 Å². The van der Waals surface area contributed by atoms with Crippen LogP contribution in [-0.4, -0.2) is 43.5 Å². The SMILES string of the molecule is C[Si](C)(C)CCOCN1C=CCC2(c3cccc(C4(C#N)Cc5cccnc5C4)c3)CC1=NC=N2. The van der Waals surface area contributed by atoms with Crippen molar-refractivity contribution < 1.29 is 4.74 Å². The summed E-state index contributed by atoms with van der Waals surface area (Å²) < 4.78 is 6.02. The fraction of sp³-hybridized carbons (Fsp3) is 0.429. The molecule has 35 heavy (non-hydrogen) atoms. The van der Waals surface area contributed by atoms with E-state index in [9.17, 15) is 5.26 Å². The van der Waals surface area contributed by atoms with Gasteiger partial charge in [0.05, 0.1) is 17.0 Å². The van der Waals surface area contributed by atoms with Crippen LogP contribution in [0.1, 0.15) is 35.2 Å². The van der Waals surface area contributed by atoms with Crippen LogP contribution in [0.25, 0.3) is 0 Å². The highest BCUT2D eigenvalue weighted by Gasteiger charge is 2.42. The summed E-state index contributed by atoms with van der Waals surface area (Å²) in [6, 6.07) is 16.3. The highest BCUT2D eigenvalue weighted by atomic mass is 28.3. The average molecular weight is 484 g/mol. The summed E-state index contributed by atoms with van der Waals surface area (Å²) >= 11 is 0. The summed E-state index contributed by atoms with van der Waals surface area (Å²) in [4.78, 5) is 16.2. The summed E-state index contributed by atoms with van der Waals surface area (Å²) in [5.74, 6) is 0.972. The molecule has 0 radical (unpaired) electrons. The minimum atomic E-state index is -1.12. The molecule has 2 aliphatic heterocycles. The summed E-state index contributed by atoms with van der Waals surface area (Å²) in [5.41, 5.74) is 3.37. The number of fused-ring (bicyclic) bond motifs is 3. The molecule has 0 N–H and O–H groups in total. The number of hydrogen-bond donors (Lipinski definition) is 0. The molecule has 0 saturated heterocycles. The zero-order chi connectivity index (χ0) is 24.5. The van der Waals surface area contributed by atoms with E-state index in [0.29, 0.717) is 26.0 Å². The Bertz CT molecular complexity index is 1210. The van der Waals surface area contributed by atoms with Gasteiger partial charge in [-0.3, -0.25) is 9.98 Å². The smallest absolute Gasteiger partial charge is 0.123 e. The van der Waals surface area contributed by atoms with Crippen LogP contribution in [0.5, 0.6) is 0 Å². The van der Waals surface area contributed by atoms with Crippen LogP contribution >= 0.6 is 0 Å². The van der Waals surface area contributed by atoms with Gasteiger partial charge in [-0.15, -0.1) is 0 Å². The molecular formula is C28H33N5OSi. The Labute approximate surface area is 209 Å². The normalized spacial score (nSPS) is 25.1. The maximum Gasteiger partial charge on any atom is 0.123 e. The number of amidine groups is 1. The van der Waals surface area contributed by atoms with Crippen molar-refractivity contribution in [2.24, 2.45) is 9.98 Å². The molecule has 180 valence electrons. The minimum absolute atomic E-state index is 0.420. The summed E-state index contributed by atoms with van der Waals surface area (Å²) in [6.45, 7) is 8.38. The van der Waals surface area contributed by atoms with Gasteiger partial charge in [-0.05, 0) is 41.6 Å². The van der Waals surface area contributed by atoms with Gasteiger partial charge in [-0.2, -0.15) is 5.26 Å². The van der Waals surface area contributed by atoms with Crippen molar-refractivity contribution in [1.29, 1.82) is 5.26 Å². The van der Waals surface area contributed by atoms with Gasteiger partial charge in [0.1, 0.15) is 18.9 Å². The van der Waals surface area contributed by atoms with Crippen molar-refractivity contribution in [3.8, 4) is 6.07 Å². The molecule has 0 saturated carbocycles. The van der Waals surface area contributed by atoms with Gasteiger partial charge in [0.25, 0.3) is 0 Å².